The first kappa shape index (κ1) is 18.0. The molecule has 0 bridgehead atoms. The predicted molar refractivity (Wildman–Crippen MR) is 98.1 cm³/mol. The number of nitrogens with zero attached hydrogens (tertiary/aromatic N) is 2. The van der Waals surface area contributed by atoms with Gasteiger partial charge in [-0.2, -0.15) is 5.01 Å². The van der Waals surface area contributed by atoms with Crippen molar-refractivity contribution in [2.45, 2.75) is 13.8 Å². The summed E-state index contributed by atoms with van der Waals surface area (Å²) in [7, 11) is 4.22. The van der Waals surface area contributed by atoms with Crippen LogP contribution in [-0.4, -0.2) is 43.8 Å². The Morgan fingerprint density at radius 3 is 1.71 bits per heavy atom. The van der Waals surface area contributed by atoms with E-state index in [1.54, 1.807) is 36.4 Å². The molecule has 0 N–H and O–H groups in total. The molecule has 0 saturated heterocycles. The molecule has 24 heavy (non-hydrogen) atoms. The van der Waals surface area contributed by atoms with Crippen molar-refractivity contribution < 1.29 is 9.59 Å². The minimum absolute atomic E-state index is 0.422. The molecule has 0 radical (unpaired) electrons. The van der Waals surface area contributed by atoms with Gasteiger partial charge in [0.2, 0.25) is 11.6 Å². The summed E-state index contributed by atoms with van der Waals surface area (Å²) in [5.41, 5.74) is 1.92. The summed E-state index contributed by atoms with van der Waals surface area (Å²) in [6.45, 7) is 6.10. The molecule has 0 atom stereocenters. The van der Waals surface area contributed by atoms with E-state index in [9.17, 15) is 9.59 Å². The zero-order valence-electron chi connectivity index (χ0n) is 14.8. The van der Waals surface area contributed by atoms with Crippen molar-refractivity contribution in [1.82, 2.24) is 9.60 Å². The van der Waals surface area contributed by atoms with Crippen LogP contribution in [0.15, 0.2) is 54.6 Å². The first-order valence-corrected chi connectivity index (χ1v) is 8.26. The fourth-order valence-corrected chi connectivity index (χ4v) is 2.92. The highest BCUT2D eigenvalue weighted by atomic mass is 16.2. The molecule has 2 aromatic carbocycles. The summed E-state index contributed by atoms with van der Waals surface area (Å²) in [5, 5.41) is 2.30. The minimum Gasteiger partial charge on any atom is -0.285 e. The smallest absolute Gasteiger partial charge is 0.233 e. The molecule has 0 aromatic heterocycles. The zero-order valence-corrected chi connectivity index (χ0v) is 14.8. The van der Waals surface area contributed by atoms with Gasteiger partial charge in [0.05, 0.1) is 14.1 Å². The lowest BCUT2D eigenvalue weighted by Crippen LogP contribution is -2.55. The largest absolute Gasteiger partial charge is 0.285 e. The molecule has 2 aromatic rings. The fraction of sp³-hybridized carbons (Fsp3) is 0.300. The van der Waals surface area contributed by atoms with Gasteiger partial charge in [-0.05, 0) is 26.0 Å². The third kappa shape index (κ3) is 3.61. The molecular weight excluding hydrogens is 300 g/mol. The molecule has 0 aliphatic rings. The van der Waals surface area contributed by atoms with Gasteiger partial charge in [0, 0.05) is 36.3 Å². The van der Waals surface area contributed by atoms with Crippen LogP contribution < -0.4 is 4.59 Å². The summed E-state index contributed by atoms with van der Waals surface area (Å²) < 4.78 is 0.605. The molecule has 0 saturated carbocycles. The highest BCUT2D eigenvalue weighted by Crippen LogP contribution is 2.22. The third-order valence-corrected chi connectivity index (χ3v) is 4.44. The van der Waals surface area contributed by atoms with Gasteiger partial charge in [0.1, 0.15) is 0 Å². The second-order valence-electron chi connectivity index (χ2n) is 6.10. The molecule has 0 spiro atoms. The van der Waals surface area contributed by atoms with E-state index in [2.05, 4.69) is 33.0 Å². The molecule has 0 amide bonds. The highest BCUT2D eigenvalue weighted by molar-refractivity contribution is 6.49. The summed E-state index contributed by atoms with van der Waals surface area (Å²) in [6.07, 6.45) is 0. The maximum atomic E-state index is 12.4. The van der Waals surface area contributed by atoms with Crippen molar-refractivity contribution in [3.8, 4) is 0 Å². The van der Waals surface area contributed by atoms with Gasteiger partial charge in [-0.25, -0.2) is 4.59 Å². The number of benzene rings is 2. The van der Waals surface area contributed by atoms with Gasteiger partial charge in [0.25, 0.3) is 0 Å². The van der Waals surface area contributed by atoms with E-state index in [4.69, 9.17) is 0 Å². The summed E-state index contributed by atoms with van der Waals surface area (Å²) in [5.74, 6) is -0.943. The number of rotatable bonds is 7. The maximum Gasteiger partial charge on any atom is 0.233 e. The second-order valence-corrected chi connectivity index (χ2v) is 6.10. The molecule has 126 valence electrons. The number of quaternary nitrogens is 1. The Hall–Kier alpha value is -2.30. The van der Waals surface area contributed by atoms with Crippen LogP contribution in [0.5, 0.6) is 0 Å². The third-order valence-electron chi connectivity index (χ3n) is 4.44. The Labute approximate surface area is 143 Å². The lowest BCUT2D eigenvalue weighted by Gasteiger charge is -2.38. The topological polar surface area (TPSA) is 37.4 Å². The van der Waals surface area contributed by atoms with E-state index in [0.29, 0.717) is 15.7 Å². The number of carbonyl (C=O) groups excluding carboxylic acids is 2. The number of hydrogen-bond acceptors (Lipinski definition) is 3. The molecular formula is C20H25N2O2+. The van der Waals surface area contributed by atoms with Crippen molar-refractivity contribution in [2.24, 2.45) is 0 Å². The number of carbonyl (C=O) groups is 2. The number of ketones is 2. The van der Waals surface area contributed by atoms with Crippen molar-refractivity contribution >= 4 is 17.3 Å². The van der Waals surface area contributed by atoms with Crippen LogP contribution in [0.25, 0.3) is 0 Å². The van der Waals surface area contributed by atoms with Crippen LogP contribution in [0.2, 0.25) is 0 Å². The zero-order chi connectivity index (χ0) is 17.7. The van der Waals surface area contributed by atoms with Gasteiger partial charge in [0.15, 0.2) is 5.69 Å². The Balaban J connectivity index is 2.23. The predicted octanol–water partition coefficient (Wildman–Crippen LogP) is 3.58. The van der Waals surface area contributed by atoms with E-state index < -0.39 is 11.6 Å². The van der Waals surface area contributed by atoms with Crippen molar-refractivity contribution in [2.75, 3.05) is 27.2 Å². The monoisotopic (exact) mass is 325 g/mol. The SMILES string of the molecule is CCN(CC)[N+](C)(C)c1ccc(C(=O)C(=O)c2ccccc2)cc1. The van der Waals surface area contributed by atoms with Gasteiger partial charge in [-0.15, -0.1) is 0 Å². The molecule has 0 fully saturated rings. The quantitative estimate of drug-likeness (QED) is 0.338. The van der Waals surface area contributed by atoms with Crippen LogP contribution in [0.4, 0.5) is 5.69 Å². The van der Waals surface area contributed by atoms with Gasteiger partial charge in [-0.3, -0.25) is 9.59 Å². The highest BCUT2D eigenvalue weighted by Gasteiger charge is 2.27. The number of hydrogen-bond donors (Lipinski definition) is 0. The summed E-state index contributed by atoms with van der Waals surface area (Å²) >= 11 is 0. The van der Waals surface area contributed by atoms with Gasteiger partial charge >= 0.3 is 0 Å². The minimum atomic E-state index is -0.471. The Morgan fingerprint density at radius 2 is 1.25 bits per heavy atom. The average molecular weight is 325 g/mol. The van der Waals surface area contributed by atoms with E-state index in [1.807, 2.05) is 18.2 Å². The Bertz CT molecular complexity index is 702. The lowest BCUT2D eigenvalue weighted by molar-refractivity contribution is 0.0431. The van der Waals surface area contributed by atoms with Gasteiger partial charge in [-0.1, -0.05) is 30.3 Å². The first-order valence-electron chi connectivity index (χ1n) is 8.26. The summed E-state index contributed by atoms with van der Waals surface area (Å²) in [6, 6.07) is 16.0. The molecule has 0 aliphatic carbocycles. The average Bonchev–Trinajstić information content (AvgIpc) is 2.62. The maximum absolute atomic E-state index is 12.4. The van der Waals surface area contributed by atoms with Crippen molar-refractivity contribution in [3.05, 3.63) is 65.7 Å². The standard InChI is InChI=1S/C20H25N2O2/c1-5-21(6-2)22(3,4)18-14-12-17(13-15-18)20(24)19(23)16-10-8-7-9-11-16/h7-15H,5-6H2,1-4H3/q+1. The van der Waals surface area contributed by atoms with E-state index in [1.165, 1.54) is 0 Å². The van der Waals surface area contributed by atoms with Crippen LogP contribution in [-0.2, 0) is 0 Å². The summed E-state index contributed by atoms with van der Waals surface area (Å²) in [4.78, 5) is 24.7. The van der Waals surface area contributed by atoms with E-state index >= 15 is 0 Å². The normalized spacial score (nSPS) is 11.5. The second kappa shape index (κ2) is 7.51. The van der Waals surface area contributed by atoms with Gasteiger partial charge < -0.3 is 0 Å². The Kier molecular flexibility index (Phi) is 5.65. The molecule has 4 heteroatoms. The molecule has 4 nitrogen and oxygen atoms in total. The van der Waals surface area contributed by atoms with Crippen LogP contribution in [0.1, 0.15) is 34.6 Å². The molecule has 2 rings (SSSR count). The van der Waals surface area contributed by atoms with Crippen LogP contribution in [0, 0.1) is 0 Å². The van der Waals surface area contributed by atoms with Crippen molar-refractivity contribution in [3.63, 3.8) is 0 Å². The lowest BCUT2D eigenvalue weighted by atomic mass is 10.0. The molecule has 0 unspecified atom stereocenters. The fourth-order valence-electron chi connectivity index (χ4n) is 2.92. The number of Topliss-reactive ketones (excluding diaryl/α,β-unsaturated/α-hetero) is 2. The van der Waals surface area contributed by atoms with Crippen LogP contribution >= 0.6 is 0 Å². The first-order chi connectivity index (χ1) is 11.4. The molecule has 0 aliphatic heterocycles. The van der Waals surface area contributed by atoms with Crippen LogP contribution in [0.3, 0.4) is 0 Å². The Morgan fingerprint density at radius 1 is 0.792 bits per heavy atom. The van der Waals surface area contributed by atoms with Crippen molar-refractivity contribution in [1.29, 1.82) is 0 Å². The van der Waals surface area contributed by atoms with E-state index in [-0.39, 0.29) is 0 Å². The molecule has 0 heterocycles. The van der Waals surface area contributed by atoms with E-state index in [0.717, 1.165) is 18.8 Å².